The Morgan fingerprint density at radius 3 is 2.53 bits per heavy atom. The van der Waals surface area contributed by atoms with Crippen LogP contribution >= 0.6 is 34.4 Å². The standard InChI is InChI=1S/C26H28N4O3S3/c1-6-30-23(19-13-34-17(5)22(19)18-11-9-8-10-12-18)28-29-26(30)35-14-20(31)27-24-21(25(32)33-7-2)15(3)16(4)36-24/h8-13H,6-7,14H2,1-5H3,(H,27,31). The number of ether oxygens (including phenoxy) is 1. The minimum atomic E-state index is -0.419. The van der Waals surface area contributed by atoms with Gasteiger partial charge in [-0.3, -0.25) is 4.79 Å². The maximum absolute atomic E-state index is 12.8. The van der Waals surface area contributed by atoms with Gasteiger partial charge in [0.15, 0.2) is 11.0 Å². The number of nitrogens with zero attached hydrogens (tertiary/aromatic N) is 3. The van der Waals surface area contributed by atoms with Gasteiger partial charge in [-0.2, -0.15) is 0 Å². The van der Waals surface area contributed by atoms with E-state index in [1.165, 1.54) is 28.0 Å². The molecule has 0 fully saturated rings. The summed E-state index contributed by atoms with van der Waals surface area (Å²) in [4.78, 5) is 27.4. The van der Waals surface area contributed by atoms with Crippen molar-refractivity contribution in [2.75, 3.05) is 17.7 Å². The summed E-state index contributed by atoms with van der Waals surface area (Å²) in [6.45, 7) is 10.7. The van der Waals surface area contributed by atoms with E-state index in [0.29, 0.717) is 22.3 Å². The van der Waals surface area contributed by atoms with Gasteiger partial charge in [-0.05, 0) is 45.7 Å². The first-order valence-electron chi connectivity index (χ1n) is 11.6. The first kappa shape index (κ1) is 26.1. The summed E-state index contributed by atoms with van der Waals surface area (Å²) in [5.41, 5.74) is 4.60. The highest BCUT2D eigenvalue weighted by atomic mass is 32.2. The van der Waals surface area contributed by atoms with Crippen molar-refractivity contribution in [2.45, 2.75) is 46.3 Å². The van der Waals surface area contributed by atoms with Crippen LogP contribution in [0.4, 0.5) is 5.00 Å². The van der Waals surface area contributed by atoms with E-state index < -0.39 is 5.97 Å². The van der Waals surface area contributed by atoms with Crippen LogP contribution in [0.1, 0.15) is 39.5 Å². The second kappa shape index (κ2) is 11.4. The fourth-order valence-corrected chi connectivity index (χ4v) is 6.65. The third-order valence-corrected chi connectivity index (χ3v) is 8.76. The number of carbonyl (C=O) groups is 2. The van der Waals surface area contributed by atoms with Gasteiger partial charge in [0.1, 0.15) is 5.00 Å². The second-order valence-electron chi connectivity index (χ2n) is 8.04. The lowest BCUT2D eigenvalue weighted by Crippen LogP contribution is -2.17. The third-order valence-electron chi connectivity index (χ3n) is 5.76. The monoisotopic (exact) mass is 540 g/mol. The van der Waals surface area contributed by atoms with E-state index in [1.54, 1.807) is 18.3 Å². The highest BCUT2D eigenvalue weighted by Gasteiger charge is 2.23. The molecule has 7 nitrogen and oxygen atoms in total. The molecule has 4 aromatic rings. The van der Waals surface area contributed by atoms with Gasteiger partial charge in [0.25, 0.3) is 0 Å². The summed E-state index contributed by atoms with van der Waals surface area (Å²) in [5, 5.41) is 15.1. The quantitative estimate of drug-likeness (QED) is 0.190. The van der Waals surface area contributed by atoms with Gasteiger partial charge in [0, 0.05) is 32.8 Å². The zero-order chi connectivity index (χ0) is 25.8. The number of benzene rings is 1. The molecule has 0 aliphatic rings. The molecule has 0 aliphatic carbocycles. The average molecular weight is 541 g/mol. The summed E-state index contributed by atoms with van der Waals surface area (Å²) in [5.74, 6) is 0.302. The molecule has 0 unspecified atom stereocenters. The van der Waals surface area contributed by atoms with Gasteiger partial charge in [-0.15, -0.1) is 32.9 Å². The van der Waals surface area contributed by atoms with Crippen molar-refractivity contribution in [2.24, 2.45) is 0 Å². The highest BCUT2D eigenvalue weighted by molar-refractivity contribution is 7.99. The number of thiophene rings is 2. The van der Waals surface area contributed by atoms with Crippen LogP contribution in [-0.4, -0.2) is 39.0 Å². The molecule has 3 heterocycles. The summed E-state index contributed by atoms with van der Waals surface area (Å²) < 4.78 is 7.22. The number of hydrogen-bond acceptors (Lipinski definition) is 8. The van der Waals surface area contributed by atoms with Gasteiger partial charge < -0.3 is 14.6 Å². The van der Waals surface area contributed by atoms with Gasteiger partial charge in [0.05, 0.1) is 17.9 Å². The van der Waals surface area contributed by atoms with Crippen molar-refractivity contribution in [3.8, 4) is 22.5 Å². The molecule has 188 valence electrons. The maximum Gasteiger partial charge on any atom is 0.341 e. The lowest BCUT2D eigenvalue weighted by atomic mass is 10.0. The Balaban J connectivity index is 1.53. The first-order chi connectivity index (χ1) is 17.3. The molecule has 3 aromatic heterocycles. The number of thioether (sulfide) groups is 1. The van der Waals surface area contributed by atoms with Gasteiger partial charge in [0.2, 0.25) is 5.91 Å². The number of esters is 1. The first-order valence-corrected chi connectivity index (χ1v) is 14.3. The van der Waals surface area contributed by atoms with Gasteiger partial charge >= 0.3 is 5.97 Å². The maximum atomic E-state index is 12.8. The summed E-state index contributed by atoms with van der Waals surface area (Å²) in [6.07, 6.45) is 0. The summed E-state index contributed by atoms with van der Waals surface area (Å²) in [6, 6.07) is 10.3. The Morgan fingerprint density at radius 2 is 1.83 bits per heavy atom. The number of amides is 1. The van der Waals surface area contributed by atoms with Crippen molar-refractivity contribution >= 4 is 51.3 Å². The molecular formula is C26H28N4O3S3. The van der Waals surface area contributed by atoms with E-state index in [1.807, 2.05) is 43.5 Å². The summed E-state index contributed by atoms with van der Waals surface area (Å²) >= 11 is 4.40. The predicted molar refractivity (Wildman–Crippen MR) is 148 cm³/mol. The van der Waals surface area contributed by atoms with E-state index >= 15 is 0 Å². The largest absolute Gasteiger partial charge is 0.462 e. The van der Waals surface area contributed by atoms with E-state index in [9.17, 15) is 9.59 Å². The number of aryl methyl sites for hydroxylation is 2. The molecule has 36 heavy (non-hydrogen) atoms. The number of hydrogen-bond donors (Lipinski definition) is 1. The third kappa shape index (κ3) is 5.25. The predicted octanol–water partition coefficient (Wildman–Crippen LogP) is 6.59. The summed E-state index contributed by atoms with van der Waals surface area (Å²) in [7, 11) is 0. The highest BCUT2D eigenvalue weighted by Crippen LogP contribution is 2.39. The zero-order valence-electron chi connectivity index (χ0n) is 20.9. The van der Waals surface area contributed by atoms with Gasteiger partial charge in [-0.1, -0.05) is 42.1 Å². The molecule has 0 atom stereocenters. The lowest BCUT2D eigenvalue weighted by Gasteiger charge is -2.10. The molecule has 1 N–H and O–H groups in total. The number of aromatic nitrogens is 3. The van der Waals surface area contributed by atoms with Crippen LogP contribution in [0.3, 0.4) is 0 Å². The van der Waals surface area contributed by atoms with E-state index in [2.05, 4.69) is 40.0 Å². The molecule has 0 aliphatic heterocycles. The minimum Gasteiger partial charge on any atom is -0.462 e. The van der Waals surface area contributed by atoms with Crippen LogP contribution < -0.4 is 5.32 Å². The van der Waals surface area contributed by atoms with Crippen molar-refractivity contribution in [1.82, 2.24) is 14.8 Å². The van der Waals surface area contributed by atoms with E-state index in [-0.39, 0.29) is 18.3 Å². The molecule has 10 heteroatoms. The molecule has 0 radical (unpaired) electrons. The molecule has 0 bridgehead atoms. The molecule has 1 amide bonds. The molecule has 0 spiro atoms. The fourth-order valence-electron chi connectivity index (χ4n) is 3.92. The molecule has 0 saturated heterocycles. The number of rotatable bonds is 9. The van der Waals surface area contributed by atoms with Crippen molar-refractivity contribution < 1.29 is 14.3 Å². The minimum absolute atomic E-state index is 0.143. The van der Waals surface area contributed by atoms with Crippen LogP contribution in [0.25, 0.3) is 22.5 Å². The Labute approximate surface area is 222 Å². The fraction of sp³-hybridized carbons (Fsp3) is 0.308. The van der Waals surface area contributed by atoms with Crippen LogP contribution in [-0.2, 0) is 16.1 Å². The van der Waals surface area contributed by atoms with Crippen LogP contribution in [0.2, 0.25) is 0 Å². The Kier molecular flexibility index (Phi) is 8.28. The van der Waals surface area contributed by atoms with Crippen LogP contribution in [0.15, 0.2) is 40.9 Å². The SMILES string of the molecule is CCOC(=O)c1c(NC(=O)CSc2nnc(-c3csc(C)c3-c3ccccc3)n2CC)sc(C)c1C. The molecule has 0 saturated carbocycles. The number of carbonyl (C=O) groups excluding carboxylic acids is 2. The van der Waals surface area contributed by atoms with E-state index in [4.69, 9.17) is 4.74 Å². The average Bonchev–Trinajstić information content (AvgIpc) is 3.53. The van der Waals surface area contributed by atoms with Crippen molar-refractivity contribution in [3.63, 3.8) is 0 Å². The Morgan fingerprint density at radius 1 is 1.08 bits per heavy atom. The molecule has 4 rings (SSSR count). The zero-order valence-corrected chi connectivity index (χ0v) is 23.3. The molecular weight excluding hydrogens is 513 g/mol. The van der Waals surface area contributed by atoms with Crippen molar-refractivity contribution in [1.29, 1.82) is 0 Å². The number of nitrogens with one attached hydrogen (secondary N) is 1. The lowest BCUT2D eigenvalue weighted by molar-refractivity contribution is -0.113. The van der Waals surface area contributed by atoms with Crippen LogP contribution in [0.5, 0.6) is 0 Å². The number of anilines is 1. The van der Waals surface area contributed by atoms with Gasteiger partial charge in [-0.25, -0.2) is 4.79 Å². The van der Waals surface area contributed by atoms with Crippen LogP contribution in [0, 0.1) is 20.8 Å². The van der Waals surface area contributed by atoms with E-state index in [0.717, 1.165) is 33.0 Å². The smallest absolute Gasteiger partial charge is 0.341 e. The Bertz CT molecular complexity index is 1390. The topological polar surface area (TPSA) is 86.1 Å². The molecule has 1 aromatic carbocycles. The second-order valence-corrected chi connectivity index (χ2v) is 11.3. The van der Waals surface area contributed by atoms with Crippen molar-refractivity contribution in [3.05, 3.63) is 56.6 Å². The Hall–Kier alpha value is -2.95. The normalized spacial score (nSPS) is 11.0.